The zero-order chi connectivity index (χ0) is 18.5. The first-order valence-electron chi connectivity index (χ1n) is 8.66. The van der Waals surface area contributed by atoms with Gasteiger partial charge >= 0.3 is 0 Å². The second kappa shape index (κ2) is 7.69. The van der Waals surface area contributed by atoms with Gasteiger partial charge in [-0.3, -0.25) is 9.39 Å². The summed E-state index contributed by atoms with van der Waals surface area (Å²) in [6.45, 7) is 1.09. The van der Waals surface area contributed by atoms with Crippen LogP contribution >= 0.6 is 0 Å². The van der Waals surface area contributed by atoms with Crippen molar-refractivity contribution < 1.29 is 0 Å². The topological polar surface area (TPSA) is 84.4 Å². The van der Waals surface area contributed by atoms with Crippen LogP contribution in [0.4, 0.5) is 0 Å². The highest BCUT2D eigenvalue weighted by molar-refractivity contribution is 5.79. The minimum Gasteiger partial charge on any atom is -0.351 e. The lowest BCUT2D eigenvalue weighted by Gasteiger charge is -2.10. The highest BCUT2D eigenvalue weighted by Gasteiger charge is 2.06. The summed E-state index contributed by atoms with van der Waals surface area (Å²) in [5, 5.41) is 19.5. The molecule has 0 amide bonds. The van der Waals surface area contributed by atoms with Crippen molar-refractivity contribution in [2.24, 2.45) is 4.99 Å². The van der Waals surface area contributed by atoms with Gasteiger partial charge < -0.3 is 10.6 Å². The smallest absolute Gasteiger partial charge is 0.191 e. The van der Waals surface area contributed by atoms with Gasteiger partial charge in [0.15, 0.2) is 17.4 Å². The van der Waals surface area contributed by atoms with Crippen LogP contribution < -0.4 is 10.6 Å². The molecule has 0 aliphatic heterocycles. The van der Waals surface area contributed by atoms with Crippen molar-refractivity contribution >= 4 is 11.6 Å². The summed E-state index contributed by atoms with van der Waals surface area (Å²) in [7, 11) is 1.74. The summed E-state index contributed by atoms with van der Waals surface area (Å²) in [5.74, 6) is 1.50. The molecule has 0 radical (unpaired) electrons. The normalized spacial score (nSPS) is 11.7. The lowest BCUT2D eigenvalue weighted by atomic mass is 10.3. The Hall–Kier alpha value is -3.68. The number of guanidine groups is 1. The second-order valence-electron chi connectivity index (χ2n) is 5.91. The number of pyridine rings is 1. The lowest BCUT2D eigenvalue weighted by Crippen LogP contribution is -2.36. The fourth-order valence-corrected chi connectivity index (χ4v) is 2.75. The number of aromatic nitrogens is 5. The molecular weight excluding hydrogens is 340 g/mol. The molecule has 1 aromatic carbocycles. The van der Waals surface area contributed by atoms with E-state index in [-0.39, 0.29) is 0 Å². The molecular formula is C19H20N8. The molecule has 4 rings (SSSR count). The third kappa shape index (κ3) is 3.79. The SMILES string of the molecule is CN=C(NCc1ccn(-c2ccccc2)n1)NCc1nnc2ccccn12. The van der Waals surface area contributed by atoms with Gasteiger partial charge in [-0.1, -0.05) is 24.3 Å². The minimum absolute atomic E-state index is 0.517. The maximum absolute atomic E-state index is 4.58. The van der Waals surface area contributed by atoms with Crippen LogP contribution in [0, 0.1) is 0 Å². The summed E-state index contributed by atoms with van der Waals surface area (Å²) in [5.41, 5.74) is 2.78. The first kappa shape index (κ1) is 16.8. The number of hydrogen-bond donors (Lipinski definition) is 2. The molecule has 3 heterocycles. The number of nitrogens with one attached hydrogen (secondary N) is 2. The number of nitrogens with zero attached hydrogens (tertiary/aromatic N) is 6. The molecule has 0 saturated carbocycles. The molecule has 27 heavy (non-hydrogen) atoms. The molecule has 0 aliphatic carbocycles. The van der Waals surface area contributed by atoms with E-state index in [4.69, 9.17) is 0 Å². The average molecular weight is 360 g/mol. The quantitative estimate of drug-likeness (QED) is 0.419. The van der Waals surface area contributed by atoms with E-state index in [9.17, 15) is 0 Å². The summed E-state index contributed by atoms with van der Waals surface area (Å²) in [6.07, 6.45) is 3.89. The van der Waals surface area contributed by atoms with Crippen LogP contribution in [-0.4, -0.2) is 37.4 Å². The number of aliphatic imine (C=N–C) groups is 1. The van der Waals surface area contributed by atoms with Crippen molar-refractivity contribution in [3.8, 4) is 5.69 Å². The first-order valence-corrected chi connectivity index (χ1v) is 8.66. The summed E-state index contributed by atoms with van der Waals surface area (Å²) < 4.78 is 3.80. The van der Waals surface area contributed by atoms with Gasteiger partial charge in [0.2, 0.25) is 0 Å². The van der Waals surface area contributed by atoms with Crippen molar-refractivity contribution in [1.82, 2.24) is 35.0 Å². The van der Waals surface area contributed by atoms with Crippen molar-refractivity contribution in [3.63, 3.8) is 0 Å². The Kier molecular flexibility index (Phi) is 4.78. The largest absolute Gasteiger partial charge is 0.351 e. The molecule has 0 fully saturated rings. The number of para-hydroxylation sites is 1. The molecule has 136 valence electrons. The van der Waals surface area contributed by atoms with E-state index in [1.807, 2.05) is 76.1 Å². The zero-order valence-electron chi connectivity index (χ0n) is 14.9. The Bertz CT molecular complexity index is 1050. The molecule has 3 aromatic heterocycles. The molecule has 0 bridgehead atoms. The van der Waals surface area contributed by atoms with E-state index in [0.717, 1.165) is 22.9 Å². The standard InChI is InChI=1S/C19H20N8/c1-20-19(22-14-18-24-23-17-9-5-6-11-26(17)18)21-13-15-10-12-27(25-15)16-7-3-2-4-8-16/h2-12H,13-14H2,1H3,(H2,20,21,22). The Balaban J connectivity index is 1.35. The van der Waals surface area contributed by atoms with E-state index in [2.05, 4.69) is 30.9 Å². The van der Waals surface area contributed by atoms with Gasteiger partial charge in [0.05, 0.1) is 24.5 Å². The Morgan fingerprint density at radius 3 is 2.59 bits per heavy atom. The third-order valence-corrected chi connectivity index (χ3v) is 4.12. The maximum atomic E-state index is 4.58. The van der Waals surface area contributed by atoms with Crippen LogP contribution in [0.5, 0.6) is 0 Å². The van der Waals surface area contributed by atoms with E-state index in [0.29, 0.717) is 19.0 Å². The maximum Gasteiger partial charge on any atom is 0.191 e. The molecule has 0 spiro atoms. The highest BCUT2D eigenvalue weighted by Crippen LogP contribution is 2.06. The summed E-state index contributed by atoms with van der Waals surface area (Å²) >= 11 is 0. The average Bonchev–Trinajstić information content (AvgIpc) is 3.36. The van der Waals surface area contributed by atoms with Crippen LogP contribution in [-0.2, 0) is 13.1 Å². The fraction of sp³-hybridized carbons (Fsp3) is 0.158. The van der Waals surface area contributed by atoms with E-state index >= 15 is 0 Å². The van der Waals surface area contributed by atoms with Crippen LogP contribution in [0.1, 0.15) is 11.5 Å². The van der Waals surface area contributed by atoms with E-state index in [1.54, 1.807) is 7.05 Å². The zero-order valence-corrected chi connectivity index (χ0v) is 14.9. The molecule has 0 aliphatic rings. The Morgan fingerprint density at radius 1 is 0.926 bits per heavy atom. The molecule has 0 atom stereocenters. The molecule has 8 nitrogen and oxygen atoms in total. The lowest BCUT2D eigenvalue weighted by molar-refractivity contribution is 0.745. The summed E-state index contributed by atoms with van der Waals surface area (Å²) in [6, 6.07) is 17.8. The molecule has 2 N–H and O–H groups in total. The monoisotopic (exact) mass is 360 g/mol. The van der Waals surface area contributed by atoms with Crippen molar-refractivity contribution in [2.75, 3.05) is 7.05 Å². The van der Waals surface area contributed by atoms with Crippen molar-refractivity contribution in [3.05, 3.63) is 78.5 Å². The second-order valence-corrected chi connectivity index (χ2v) is 5.91. The minimum atomic E-state index is 0.517. The van der Waals surface area contributed by atoms with Crippen LogP contribution in [0.2, 0.25) is 0 Å². The number of benzene rings is 1. The molecule has 4 aromatic rings. The number of rotatable bonds is 5. The third-order valence-electron chi connectivity index (χ3n) is 4.12. The van der Waals surface area contributed by atoms with E-state index in [1.165, 1.54) is 0 Å². The van der Waals surface area contributed by atoms with Crippen LogP contribution in [0.3, 0.4) is 0 Å². The van der Waals surface area contributed by atoms with Crippen LogP contribution in [0.25, 0.3) is 11.3 Å². The fourth-order valence-electron chi connectivity index (χ4n) is 2.75. The van der Waals surface area contributed by atoms with Gasteiger partial charge in [-0.2, -0.15) is 5.10 Å². The van der Waals surface area contributed by atoms with Gasteiger partial charge in [-0.15, -0.1) is 10.2 Å². The van der Waals surface area contributed by atoms with Gasteiger partial charge in [-0.25, -0.2) is 4.68 Å². The van der Waals surface area contributed by atoms with Crippen molar-refractivity contribution in [1.29, 1.82) is 0 Å². The Labute approximate surface area is 156 Å². The van der Waals surface area contributed by atoms with Gasteiger partial charge in [-0.05, 0) is 30.3 Å². The summed E-state index contributed by atoms with van der Waals surface area (Å²) in [4.78, 5) is 4.25. The Morgan fingerprint density at radius 2 is 1.74 bits per heavy atom. The molecule has 8 heteroatoms. The van der Waals surface area contributed by atoms with Gasteiger partial charge in [0.25, 0.3) is 0 Å². The molecule has 0 unspecified atom stereocenters. The van der Waals surface area contributed by atoms with Gasteiger partial charge in [0.1, 0.15) is 0 Å². The van der Waals surface area contributed by atoms with Crippen LogP contribution in [0.15, 0.2) is 72.0 Å². The number of hydrogen-bond acceptors (Lipinski definition) is 4. The predicted molar refractivity (Wildman–Crippen MR) is 104 cm³/mol. The first-order chi connectivity index (χ1) is 13.3. The predicted octanol–water partition coefficient (Wildman–Crippen LogP) is 1.78. The van der Waals surface area contributed by atoms with Gasteiger partial charge in [0, 0.05) is 19.4 Å². The van der Waals surface area contributed by atoms with Crippen molar-refractivity contribution in [2.45, 2.75) is 13.1 Å². The highest BCUT2D eigenvalue weighted by atomic mass is 15.3. The number of fused-ring (bicyclic) bond motifs is 1. The molecule has 0 saturated heterocycles. The van der Waals surface area contributed by atoms with E-state index < -0.39 is 0 Å².